The maximum Gasteiger partial charge on any atom is 0.373 e. The lowest BCUT2D eigenvalue weighted by atomic mass is 10.1. The molecule has 1 unspecified atom stereocenters. The van der Waals surface area contributed by atoms with Crippen LogP contribution in [0, 0.1) is 5.92 Å². The Bertz CT molecular complexity index is 994. The van der Waals surface area contributed by atoms with E-state index in [1.807, 2.05) is 34.6 Å². The first-order valence-corrected chi connectivity index (χ1v) is 21.7. The van der Waals surface area contributed by atoms with Crippen molar-refractivity contribution in [1.29, 1.82) is 0 Å². The summed E-state index contributed by atoms with van der Waals surface area (Å²) in [6, 6.07) is 0. The van der Waals surface area contributed by atoms with Crippen molar-refractivity contribution < 1.29 is 80.8 Å². The smallest absolute Gasteiger partial charge is 0.373 e. The first-order valence-electron chi connectivity index (χ1n) is 20.8. The minimum Gasteiger partial charge on any atom is -0.379 e. The highest BCUT2D eigenvalue weighted by Crippen LogP contribution is 2.16. The molecule has 0 aromatic carbocycles. The van der Waals surface area contributed by atoms with E-state index in [9.17, 15) is 14.4 Å². The number of hydrogen-bond acceptors (Lipinski definition) is 18. The minimum atomic E-state index is -0.135. The third kappa shape index (κ3) is 50.2. The van der Waals surface area contributed by atoms with Crippen molar-refractivity contribution in [2.24, 2.45) is 5.92 Å². The SMILES string of the molecule is CC(C)SC(C)C(=O)NCCC(=O)NCCOCCOCCOCCOCCOCCOCCOCCOCCOCCOCCOCCOCCC(=O)C(C)C.O=C=O. The lowest BCUT2D eigenvalue weighted by Crippen LogP contribution is -2.35. The summed E-state index contributed by atoms with van der Waals surface area (Å²) in [7, 11) is 0. The molecular weight excluding hydrogens is 813 g/mol. The number of ketones is 1. The highest BCUT2D eigenvalue weighted by Gasteiger charge is 2.14. The second kappa shape index (κ2) is 49.5. The van der Waals surface area contributed by atoms with Crippen LogP contribution in [0.5, 0.6) is 0 Å². The normalized spacial score (nSPS) is 11.7. The Labute approximate surface area is 361 Å². The zero-order valence-electron chi connectivity index (χ0n) is 36.9. The third-order valence-electron chi connectivity index (χ3n) is 7.29. The van der Waals surface area contributed by atoms with Crippen molar-refractivity contribution in [1.82, 2.24) is 10.6 Å². The number of ether oxygens (including phenoxy) is 12. The standard InChI is InChI=1S/C39H76N2O15S.CO2/c1-34(2)37(42)7-10-45-12-14-47-16-18-49-20-22-51-24-26-53-28-30-55-32-33-56-31-29-54-27-25-52-23-21-50-19-17-48-15-13-46-11-9-40-38(43)6-8-41-39(44)36(5)57-35(3)4;2-1-3/h34-36H,6-33H2,1-5H3,(H,40,43)(H,41,44);. The summed E-state index contributed by atoms with van der Waals surface area (Å²) in [5.41, 5.74) is 0. The van der Waals surface area contributed by atoms with E-state index < -0.39 is 0 Å². The van der Waals surface area contributed by atoms with Gasteiger partial charge in [-0.3, -0.25) is 14.4 Å². The van der Waals surface area contributed by atoms with E-state index in [2.05, 4.69) is 10.6 Å². The summed E-state index contributed by atoms with van der Waals surface area (Å²) in [6.45, 7) is 21.7. The summed E-state index contributed by atoms with van der Waals surface area (Å²) < 4.78 is 65.6. The van der Waals surface area contributed by atoms with Gasteiger partial charge in [-0.2, -0.15) is 9.59 Å². The van der Waals surface area contributed by atoms with Crippen LogP contribution in [0.15, 0.2) is 0 Å². The average Bonchev–Trinajstić information content (AvgIpc) is 3.21. The first-order chi connectivity index (χ1) is 29.1. The lowest BCUT2D eigenvalue weighted by Gasteiger charge is -2.13. The van der Waals surface area contributed by atoms with Crippen molar-refractivity contribution >= 4 is 35.5 Å². The summed E-state index contributed by atoms with van der Waals surface area (Å²) >= 11 is 1.59. The molecule has 0 aliphatic carbocycles. The van der Waals surface area contributed by atoms with Gasteiger partial charge in [0, 0.05) is 31.8 Å². The fraction of sp³-hybridized carbons (Fsp3) is 0.900. The first kappa shape index (κ1) is 60.0. The molecule has 0 radical (unpaired) electrons. The fourth-order valence-corrected chi connectivity index (χ4v) is 5.27. The molecule has 0 aliphatic heterocycles. The van der Waals surface area contributed by atoms with Crippen molar-refractivity contribution in [2.45, 2.75) is 58.0 Å². The van der Waals surface area contributed by atoms with Crippen LogP contribution in [0.3, 0.4) is 0 Å². The van der Waals surface area contributed by atoms with Crippen molar-refractivity contribution in [3.63, 3.8) is 0 Å². The highest BCUT2D eigenvalue weighted by atomic mass is 32.2. The van der Waals surface area contributed by atoms with Crippen LogP contribution in [0.25, 0.3) is 0 Å². The van der Waals surface area contributed by atoms with Crippen LogP contribution >= 0.6 is 11.8 Å². The van der Waals surface area contributed by atoms with Gasteiger partial charge in [-0.05, 0) is 12.2 Å². The maximum atomic E-state index is 12.0. The van der Waals surface area contributed by atoms with Crippen LogP contribution in [-0.2, 0) is 80.8 Å². The molecule has 2 amide bonds. The number of amides is 2. The van der Waals surface area contributed by atoms with Gasteiger partial charge in [0.1, 0.15) is 5.78 Å². The van der Waals surface area contributed by atoms with E-state index >= 15 is 0 Å². The number of nitrogens with one attached hydrogen (secondary N) is 2. The number of rotatable bonds is 46. The molecule has 19 nitrogen and oxygen atoms in total. The molecule has 354 valence electrons. The van der Waals surface area contributed by atoms with E-state index in [1.165, 1.54) is 0 Å². The Balaban J connectivity index is 0. The second-order valence-electron chi connectivity index (χ2n) is 13.0. The molecule has 0 rings (SSSR count). The Morgan fingerprint density at radius 2 is 0.700 bits per heavy atom. The molecule has 1 atom stereocenters. The van der Waals surface area contributed by atoms with Gasteiger partial charge in [0.15, 0.2) is 0 Å². The molecule has 2 N–H and O–H groups in total. The van der Waals surface area contributed by atoms with E-state index in [0.29, 0.717) is 183 Å². The van der Waals surface area contributed by atoms with Crippen LogP contribution in [0.4, 0.5) is 0 Å². The fourth-order valence-electron chi connectivity index (χ4n) is 4.25. The molecule has 0 aromatic heterocycles. The quantitative estimate of drug-likeness (QED) is 0.0825. The summed E-state index contributed by atoms with van der Waals surface area (Å²) in [4.78, 5) is 51.6. The second-order valence-corrected chi connectivity index (χ2v) is 14.9. The largest absolute Gasteiger partial charge is 0.379 e. The highest BCUT2D eigenvalue weighted by molar-refractivity contribution is 8.01. The van der Waals surface area contributed by atoms with Crippen LogP contribution in [0.2, 0.25) is 0 Å². The number of thioether (sulfide) groups is 1. The predicted octanol–water partition coefficient (Wildman–Crippen LogP) is 1.37. The third-order valence-corrected chi connectivity index (χ3v) is 8.46. The number of Topliss-reactive ketones (excluding diaryl/α,β-unsaturated/α-hetero) is 1. The summed E-state index contributed by atoms with van der Waals surface area (Å²) in [5, 5.41) is 5.80. The molecule has 0 aliphatic rings. The average molecular weight is 889 g/mol. The van der Waals surface area contributed by atoms with Gasteiger partial charge >= 0.3 is 6.15 Å². The maximum absolute atomic E-state index is 12.0. The Kier molecular flexibility index (Phi) is 49.5. The van der Waals surface area contributed by atoms with Crippen molar-refractivity contribution in [3.05, 3.63) is 0 Å². The van der Waals surface area contributed by atoms with E-state index in [0.717, 1.165) is 0 Å². The minimum absolute atomic E-state index is 0.0487. The van der Waals surface area contributed by atoms with Crippen LogP contribution in [-0.4, -0.2) is 206 Å². The van der Waals surface area contributed by atoms with E-state index in [4.69, 9.17) is 66.4 Å². The number of hydrogen-bond donors (Lipinski definition) is 2. The molecular formula is C40H76N2O17S. The lowest BCUT2D eigenvalue weighted by molar-refractivity contribution is -0.191. The van der Waals surface area contributed by atoms with Crippen LogP contribution < -0.4 is 10.6 Å². The molecule has 0 heterocycles. The molecule has 60 heavy (non-hydrogen) atoms. The number of carbonyl (C=O) groups is 3. The van der Waals surface area contributed by atoms with Gasteiger partial charge in [0.05, 0.1) is 164 Å². The molecule has 0 fully saturated rings. The molecule has 0 aromatic rings. The van der Waals surface area contributed by atoms with Gasteiger partial charge in [-0.1, -0.05) is 27.7 Å². The molecule has 0 spiro atoms. The molecule has 0 saturated heterocycles. The Morgan fingerprint density at radius 1 is 0.417 bits per heavy atom. The van der Waals surface area contributed by atoms with Gasteiger partial charge in [0.2, 0.25) is 11.8 Å². The monoisotopic (exact) mass is 888 g/mol. The van der Waals surface area contributed by atoms with Gasteiger partial charge < -0.3 is 67.5 Å². The summed E-state index contributed by atoms with van der Waals surface area (Å²) in [6.07, 6.45) is 0.933. The van der Waals surface area contributed by atoms with Crippen molar-refractivity contribution in [2.75, 3.05) is 172 Å². The van der Waals surface area contributed by atoms with Crippen molar-refractivity contribution in [3.8, 4) is 0 Å². The number of carbonyl (C=O) groups excluding carboxylic acids is 5. The van der Waals surface area contributed by atoms with Gasteiger partial charge in [-0.15, -0.1) is 11.8 Å². The predicted molar refractivity (Wildman–Crippen MR) is 222 cm³/mol. The van der Waals surface area contributed by atoms with Gasteiger partial charge in [-0.25, -0.2) is 0 Å². The molecule has 20 heteroatoms. The zero-order chi connectivity index (χ0) is 44.6. The topological polar surface area (TPSA) is 220 Å². The molecule has 0 saturated carbocycles. The van der Waals surface area contributed by atoms with E-state index in [-0.39, 0.29) is 41.3 Å². The summed E-state index contributed by atoms with van der Waals surface area (Å²) in [5.74, 6) is 0.0929. The van der Waals surface area contributed by atoms with E-state index in [1.54, 1.807) is 11.8 Å². The van der Waals surface area contributed by atoms with Crippen LogP contribution in [0.1, 0.15) is 47.5 Å². The molecule has 0 bridgehead atoms. The zero-order valence-corrected chi connectivity index (χ0v) is 37.7. The Hall–Kier alpha value is -2.14. The Morgan fingerprint density at radius 3 is 0.983 bits per heavy atom. The van der Waals surface area contributed by atoms with Gasteiger partial charge in [0.25, 0.3) is 0 Å².